The van der Waals surface area contributed by atoms with Gasteiger partial charge in [-0.3, -0.25) is 5.10 Å². The SMILES string of the molecule is COc1ccc(-c2ccc(C3=C(c4ccc(-c5ccc(OC)cc5)cc4)Oc4c(-c5ccccc5)n[nH]c4N3)cc2)cc1. The Morgan fingerprint density at radius 2 is 0.977 bits per heavy atom. The summed E-state index contributed by atoms with van der Waals surface area (Å²) in [5.41, 5.74) is 8.98. The number of rotatable bonds is 7. The number of nitrogens with zero attached hydrogens (tertiary/aromatic N) is 1. The summed E-state index contributed by atoms with van der Waals surface area (Å²) < 4.78 is 17.4. The molecule has 1 aliphatic rings. The maximum atomic E-state index is 6.72. The third kappa shape index (κ3) is 5.11. The van der Waals surface area contributed by atoms with Gasteiger partial charge in [0.25, 0.3) is 0 Å². The van der Waals surface area contributed by atoms with Crippen LogP contribution in [0, 0.1) is 0 Å². The number of anilines is 1. The van der Waals surface area contributed by atoms with Crippen molar-refractivity contribution in [3.05, 3.63) is 139 Å². The average Bonchev–Trinajstić information content (AvgIpc) is 3.51. The molecule has 0 fully saturated rings. The van der Waals surface area contributed by atoms with Gasteiger partial charge in [-0.1, -0.05) is 103 Å². The number of aromatic nitrogens is 2. The highest BCUT2D eigenvalue weighted by Crippen LogP contribution is 2.44. The van der Waals surface area contributed by atoms with Gasteiger partial charge in [-0.25, -0.2) is 0 Å². The predicted molar refractivity (Wildman–Crippen MR) is 172 cm³/mol. The van der Waals surface area contributed by atoms with Crippen LogP contribution in [0.3, 0.4) is 0 Å². The molecule has 2 heterocycles. The Kier molecular flexibility index (Phi) is 6.85. The van der Waals surface area contributed by atoms with Crippen LogP contribution in [0.25, 0.3) is 45.0 Å². The van der Waals surface area contributed by atoms with Gasteiger partial charge in [0.1, 0.15) is 17.2 Å². The summed E-state index contributed by atoms with van der Waals surface area (Å²) in [7, 11) is 3.35. The standard InChI is InChI=1S/C37H29N3O3/c1-41-31-20-16-26(17-21-31)24-8-12-29(13-9-24)33-35(30-14-10-25(11-15-30)27-18-22-32(42-2)23-19-27)43-36-34(39-40-37(36)38-33)28-6-4-3-5-7-28/h3-23H,1-2H3,(H2,38,39,40). The molecule has 210 valence electrons. The second-order valence-corrected chi connectivity index (χ2v) is 10.2. The summed E-state index contributed by atoms with van der Waals surface area (Å²) in [6.45, 7) is 0. The number of aromatic amines is 1. The van der Waals surface area contributed by atoms with E-state index in [1.807, 2.05) is 54.6 Å². The van der Waals surface area contributed by atoms with Crippen molar-refractivity contribution < 1.29 is 14.2 Å². The monoisotopic (exact) mass is 563 g/mol. The topological polar surface area (TPSA) is 68.4 Å². The molecular weight excluding hydrogens is 534 g/mol. The maximum Gasteiger partial charge on any atom is 0.197 e. The first kappa shape index (κ1) is 26.2. The quantitative estimate of drug-likeness (QED) is 0.203. The van der Waals surface area contributed by atoms with Crippen molar-refractivity contribution in [2.75, 3.05) is 19.5 Å². The number of hydrogen-bond acceptors (Lipinski definition) is 5. The van der Waals surface area contributed by atoms with Crippen molar-refractivity contribution in [2.24, 2.45) is 0 Å². The molecular formula is C37H29N3O3. The third-order valence-corrected chi connectivity index (χ3v) is 7.62. The molecule has 0 atom stereocenters. The molecule has 2 N–H and O–H groups in total. The Hall–Kier alpha value is -5.75. The van der Waals surface area contributed by atoms with Crippen molar-refractivity contribution in [2.45, 2.75) is 0 Å². The smallest absolute Gasteiger partial charge is 0.197 e. The van der Waals surface area contributed by atoms with Crippen LogP contribution < -0.4 is 19.5 Å². The van der Waals surface area contributed by atoms with Crippen molar-refractivity contribution in [3.63, 3.8) is 0 Å². The molecule has 0 aliphatic carbocycles. The molecule has 0 unspecified atom stereocenters. The fraction of sp³-hybridized carbons (Fsp3) is 0.0541. The van der Waals surface area contributed by atoms with E-state index >= 15 is 0 Å². The lowest BCUT2D eigenvalue weighted by Gasteiger charge is -2.24. The van der Waals surface area contributed by atoms with Gasteiger partial charge >= 0.3 is 0 Å². The molecule has 0 saturated carbocycles. The Balaban J connectivity index is 1.28. The molecule has 6 nitrogen and oxygen atoms in total. The second-order valence-electron chi connectivity index (χ2n) is 10.2. The number of fused-ring (bicyclic) bond motifs is 1. The summed E-state index contributed by atoms with van der Waals surface area (Å²) >= 11 is 0. The molecule has 0 amide bonds. The van der Waals surface area contributed by atoms with Crippen LogP contribution in [0.5, 0.6) is 17.2 Å². The highest BCUT2D eigenvalue weighted by molar-refractivity contribution is 5.98. The fourth-order valence-electron chi connectivity index (χ4n) is 5.26. The van der Waals surface area contributed by atoms with Crippen LogP contribution in [-0.2, 0) is 0 Å². The minimum atomic E-state index is 0.666. The highest BCUT2D eigenvalue weighted by atomic mass is 16.5. The van der Waals surface area contributed by atoms with Crippen LogP contribution in [-0.4, -0.2) is 24.4 Å². The Bertz CT molecular complexity index is 1890. The lowest BCUT2D eigenvalue weighted by Crippen LogP contribution is -2.13. The van der Waals surface area contributed by atoms with E-state index in [0.717, 1.165) is 67.6 Å². The van der Waals surface area contributed by atoms with E-state index in [-0.39, 0.29) is 0 Å². The summed E-state index contributed by atoms with van der Waals surface area (Å²) in [5, 5.41) is 11.3. The Morgan fingerprint density at radius 3 is 1.49 bits per heavy atom. The van der Waals surface area contributed by atoms with E-state index in [1.165, 1.54) is 0 Å². The third-order valence-electron chi connectivity index (χ3n) is 7.62. The molecule has 0 saturated heterocycles. The molecule has 5 aromatic carbocycles. The summed E-state index contributed by atoms with van der Waals surface area (Å²) in [6.07, 6.45) is 0. The highest BCUT2D eigenvalue weighted by Gasteiger charge is 2.27. The van der Waals surface area contributed by atoms with Crippen LogP contribution in [0.1, 0.15) is 11.1 Å². The van der Waals surface area contributed by atoms with Gasteiger partial charge in [-0.05, 0) is 46.5 Å². The van der Waals surface area contributed by atoms with Crippen molar-refractivity contribution in [1.29, 1.82) is 0 Å². The van der Waals surface area contributed by atoms with Gasteiger partial charge in [0.2, 0.25) is 0 Å². The number of nitrogens with one attached hydrogen (secondary N) is 2. The van der Waals surface area contributed by atoms with Gasteiger partial charge in [-0.2, -0.15) is 5.10 Å². The van der Waals surface area contributed by atoms with Crippen LogP contribution in [0.4, 0.5) is 5.82 Å². The van der Waals surface area contributed by atoms with Gasteiger partial charge < -0.3 is 19.5 Å². The summed E-state index contributed by atoms with van der Waals surface area (Å²) in [4.78, 5) is 0. The van der Waals surface area contributed by atoms with Crippen molar-refractivity contribution >= 4 is 17.3 Å². The number of ether oxygens (including phenoxy) is 3. The molecule has 7 rings (SSSR count). The van der Waals surface area contributed by atoms with Crippen LogP contribution in [0.2, 0.25) is 0 Å². The number of hydrogen-bond donors (Lipinski definition) is 2. The van der Waals surface area contributed by atoms with Gasteiger partial charge in [0.15, 0.2) is 17.3 Å². The minimum Gasteiger partial charge on any atom is -0.497 e. The zero-order valence-corrected chi connectivity index (χ0v) is 23.8. The molecule has 1 aromatic heterocycles. The Morgan fingerprint density at radius 1 is 0.512 bits per heavy atom. The molecule has 43 heavy (non-hydrogen) atoms. The number of methoxy groups -OCH3 is 2. The van der Waals surface area contributed by atoms with E-state index in [9.17, 15) is 0 Å². The normalized spacial score (nSPS) is 12.2. The van der Waals surface area contributed by atoms with Gasteiger partial charge in [0.05, 0.1) is 19.9 Å². The molecule has 6 aromatic rings. The van der Waals surface area contributed by atoms with Crippen LogP contribution in [0.15, 0.2) is 127 Å². The maximum absolute atomic E-state index is 6.72. The average molecular weight is 564 g/mol. The Labute approximate surface area is 250 Å². The first-order valence-corrected chi connectivity index (χ1v) is 14.0. The molecule has 0 bridgehead atoms. The number of benzene rings is 5. The van der Waals surface area contributed by atoms with Crippen LogP contribution >= 0.6 is 0 Å². The first-order chi connectivity index (χ1) is 21.2. The zero-order valence-electron chi connectivity index (χ0n) is 23.8. The zero-order chi connectivity index (χ0) is 29.2. The fourth-order valence-corrected chi connectivity index (χ4v) is 5.26. The minimum absolute atomic E-state index is 0.666. The van der Waals surface area contributed by atoms with Gasteiger partial charge in [0, 0.05) is 16.7 Å². The lowest BCUT2D eigenvalue weighted by molar-refractivity contribution is 0.415. The molecule has 1 aliphatic heterocycles. The molecule has 0 spiro atoms. The summed E-state index contributed by atoms with van der Waals surface area (Å²) in [6, 6.07) is 43.0. The van der Waals surface area contributed by atoms with Crippen molar-refractivity contribution in [3.8, 4) is 50.8 Å². The van der Waals surface area contributed by atoms with Gasteiger partial charge in [-0.15, -0.1) is 0 Å². The van der Waals surface area contributed by atoms with E-state index in [1.54, 1.807) is 14.2 Å². The largest absolute Gasteiger partial charge is 0.497 e. The number of H-pyrrole nitrogens is 1. The second kappa shape index (κ2) is 11.3. The lowest BCUT2D eigenvalue weighted by atomic mass is 9.99. The van der Waals surface area contributed by atoms with Crippen molar-refractivity contribution in [1.82, 2.24) is 10.2 Å². The molecule has 6 heteroatoms. The van der Waals surface area contributed by atoms with E-state index in [4.69, 9.17) is 14.2 Å². The molecule has 0 radical (unpaired) electrons. The summed E-state index contributed by atoms with van der Waals surface area (Å²) in [5.74, 6) is 3.78. The van der Waals surface area contributed by atoms with E-state index in [2.05, 4.69) is 88.3 Å². The predicted octanol–water partition coefficient (Wildman–Crippen LogP) is 8.76. The first-order valence-electron chi connectivity index (χ1n) is 14.0. The van der Waals surface area contributed by atoms with E-state index < -0.39 is 0 Å². The van der Waals surface area contributed by atoms with E-state index in [0.29, 0.717) is 11.6 Å².